The molecule has 0 aliphatic rings. The van der Waals surface area contributed by atoms with Crippen molar-refractivity contribution < 1.29 is 0 Å². The van der Waals surface area contributed by atoms with E-state index in [1.165, 1.54) is 11.8 Å². The Bertz CT molecular complexity index is 335. The molecule has 0 saturated heterocycles. The summed E-state index contributed by atoms with van der Waals surface area (Å²) in [5.41, 5.74) is 5.25. The van der Waals surface area contributed by atoms with Crippen molar-refractivity contribution in [2.75, 3.05) is 24.4 Å². The molecule has 0 saturated carbocycles. The number of rotatable bonds is 2. The summed E-state index contributed by atoms with van der Waals surface area (Å²) < 4.78 is 0. The van der Waals surface area contributed by atoms with Crippen LogP contribution in [0.2, 0.25) is 0 Å². The molecular weight excluding hydrogens is 176 g/mol. The second kappa shape index (κ2) is 3.48. The summed E-state index contributed by atoms with van der Waals surface area (Å²) in [6.45, 7) is 0. The first-order chi connectivity index (χ1) is 5.69. The number of thioether (sulfide) groups is 1. The van der Waals surface area contributed by atoms with Gasteiger partial charge in [-0.15, -0.1) is 0 Å². The molecule has 0 aliphatic carbocycles. The summed E-state index contributed by atoms with van der Waals surface area (Å²) in [4.78, 5) is 17.7. The van der Waals surface area contributed by atoms with Gasteiger partial charge in [-0.05, 0) is 6.26 Å². The highest BCUT2D eigenvalue weighted by atomic mass is 32.2. The van der Waals surface area contributed by atoms with Crippen LogP contribution in [0.4, 0.5) is 11.5 Å². The predicted octanol–water partition coefficient (Wildman–Crippen LogP) is 0.116. The third kappa shape index (κ3) is 1.53. The van der Waals surface area contributed by atoms with Gasteiger partial charge in [0.1, 0.15) is 5.69 Å². The minimum atomic E-state index is -0.307. The number of aromatic nitrogens is 2. The lowest BCUT2D eigenvalue weighted by Crippen LogP contribution is -2.16. The zero-order valence-corrected chi connectivity index (χ0v) is 7.66. The first-order valence-electron chi connectivity index (χ1n) is 3.30. The number of H-pyrrole nitrogens is 1. The lowest BCUT2D eigenvalue weighted by molar-refractivity contribution is 0.947. The molecule has 0 atom stereocenters. The van der Waals surface area contributed by atoms with E-state index in [4.69, 9.17) is 5.73 Å². The van der Waals surface area contributed by atoms with E-state index in [1.54, 1.807) is 7.05 Å². The molecule has 12 heavy (non-hydrogen) atoms. The largest absolute Gasteiger partial charge is 0.391 e. The average Bonchev–Trinajstić information content (AvgIpc) is 2.09. The van der Waals surface area contributed by atoms with Crippen molar-refractivity contribution in [2.24, 2.45) is 0 Å². The highest BCUT2D eigenvalue weighted by Crippen LogP contribution is 2.13. The third-order valence-electron chi connectivity index (χ3n) is 1.36. The Morgan fingerprint density at radius 1 is 1.67 bits per heavy atom. The minimum Gasteiger partial charge on any atom is -0.391 e. The van der Waals surface area contributed by atoms with E-state index < -0.39 is 0 Å². The number of hydrogen-bond acceptors (Lipinski definition) is 5. The summed E-state index contributed by atoms with van der Waals surface area (Å²) in [6, 6.07) is 0. The minimum absolute atomic E-state index is 0.121. The van der Waals surface area contributed by atoms with Gasteiger partial charge >= 0.3 is 0 Å². The molecule has 1 aromatic heterocycles. The van der Waals surface area contributed by atoms with Gasteiger partial charge in [0, 0.05) is 7.05 Å². The average molecular weight is 186 g/mol. The van der Waals surface area contributed by atoms with Crippen LogP contribution in [0.25, 0.3) is 0 Å². The van der Waals surface area contributed by atoms with Crippen LogP contribution in [0.1, 0.15) is 0 Å². The molecule has 0 aliphatic heterocycles. The number of nitrogen functional groups attached to an aromatic ring is 1. The van der Waals surface area contributed by atoms with Gasteiger partial charge in [-0.25, -0.2) is 4.98 Å². The summed E-state index contributed by atoms with van der Waals surface area (Å²) in [7, 11) is 1.67. The molecule has 0 bridgehead atoms. The Labute approximate surface area is 73.8 Å². The zero-order valence-electron chi connectivity index (χ0n) is 6.84. The fourth-order valence-corrected chi connectivity index (χ4v) is 1.13. The van der Waals surface area contributed by atoms with Crippen LogP contribution >= 0.6 is 11.8 Å². The van der Waals surface area contributed by atoms with Gasteiger partial charge in [-0.1, -0.05) is 11.8 Å². The topological polar surface area (TPSA) is 83.8 Å². The summed E-state index contributed by atoms with van der Waals surface area (Å²) in [5, 5.41) is 3.30. The normalized spacial score (nSPS) is 9.83. The quantitative estimate of drug-likeness (QED) is 0.451. The van der Waals surface area contributed by atoms with Gasteiger partial charge in [-0.3, -0.25) is 9.78 Å². The maximum absolute atomic E-state index is 11.1. The van der Waals surface area contributed by atoms with E-state index in [9.17, 15) is 4.79 Å². The molecule has 4 N–H and O–H groups in total. The van der Waals surface area contributed by atoms with Crippen molar-refractivity contribution in [3.05, 3.63) is 10.4 Å². The predicted molar refractivity (Wildman–Crippen MR) is 50.6 cm³/mol. The molecule has 1 rings (SSSR count). The maximum atomic E-state index is 11.1. The number of nitrogens with two attached hydrogens (primary N) is 1. The van der Waals surface area contributed by atoms with Gasteiger partial charge < -0.3 is 11.1 Å². The van der Waals surface area contributed by atoms with Crippen LogP contribution in [0.3, 0.4) is 0 Å². The van der Waals surface area contributed by atoms with Crippen LogP contribution in [0, 0.1) is 0 Å². The highest BCUT2D eigenvalue weighted by Gasteiger charge is 2.04. The summed E-state index contributed by atoms with van der Waals surface area (Å²) in [5.74, 6) is 0.420. The number of hydrogen-bond donors (Lipinski definition) is 3. The lowest BCUT2D eigenvalue weighted by atomic mass is 10.5. The van der Waals surface area contributed by atoms with E-state index in [1.807, 2.05) is 6.26 Å². The van der Waals surface area contributed by atoms with E-state index in [-0.39, 0.29) is 11.2 Å². The number of nitrogens with zero attached hydrogens (tertiary/aromatic N) is 1. The molecular formula is C6H10N4OS. The van der Waals surface area contributed by atoms with Gasteiger partial charge in [0.25, 0.3) is 5.56 Å². The highest BCUT2D eigenvalue weighted by molar-refractivity contribution is 7.98. The molecule has 0 spiro atoms. The number of nitrogens with one attached hydrogen (secondary N) is 2. The SMILES string of the molecule is CNc1nc(SC)[nH]c(=O)c1N. The Morgan fingerprint density at radius 2 is 2.33 bits per heavy atom. The molecule has 1 heterocycles. The monoisotopic (exact) mass is 186 g/mol. The van der Waals surface area contributed by atoms with Crippen LogP contribution in [-0.2, 0) is 0 Å². The van der Waals surface area contributed by atoms with Crippen molar-refractivity contribution >= 4 is 23.3 Å². The first kappa shape index (κ1) is 8.92. The molecule has 6 heteroatoms. The fourth-order valence-electron chi connectivity index (χ4n) is 0.749. The second-order valence-electron chi connectivity index (χ2n) is 2.09. The molecule has 0 unspecified atom stereocenters. The molecule has 0 aromatic carbocycles. The standard InChI is InChI=1S/C6H10N4OS/c1-8-4-3(7)5(11)10-6(9-4)12-2/h7H2,1-2H3,(H2,8,9,10,11). The molecule has 1 aromatic rings. The Kier molecular flexibility index (Phi) is 2.59. The van der Waals surface area contributed by atoms with Crippen molar-refractivity contribution in [3.8, 4) is 0 Å². The van der Waals surface area contributed by atoms with E-state index >= 15 is 0 Å². The summed E-state index contributed by atoms with van der Waals surface area (Å²) >= 11 is 1.36. The van der Waals surface area contributed by atoms with Gasteiger partial charge in [0.2, 0.25) is 0 Å². The van der Waals surface area contributed by atoms with Crippen molar-refractivity contribution in [3.63, 3.8) is 0 Å². The Morgan fingerprint density at radius 3 is 2.83 bits per heavy atom. The van der Waals surface area contributed by atoms with Crippen LogP contribution in [0.5, 0.6) is 0 Å². The van der Waals surface area contributed by atoms with Crippen LogP contribution < -0.4 is 16.6 Å². The third-order valence-corrected chi connectivity index (χ3v) is 1.94. The van der Waals surface area contributed by atoms with Crippen molar-refractivity contribution in [2.45, 2.75) is 5.16 Å². The van der Waals surface area contributed by atoms with Gasteiger partial charge in [0.15, 0.2) is 11.0 Å². The van der Waals surface area contributed by atoms with E-state index in [2.05, 4.69) is 15.3 Å². The second-order valence-corrected chi connectivity index (χ2v) is 2.88. The number of anilines is 2. The van der Waals surface area contributed by atoms with Gasteiger partial charge in [-0.2, -0.15) is 0 Å². The fraction of sp³-hybridized carbons (Fsp3) is 0.333. The van der Waals surface area contributed by atoms with E-state index in [0.717, 1.165) is 0 Å². The Balaban J connectivity index is 3.29. The molecule has 0 fully saturated rings. The van der Waals surface area contributed by atoms with Crippen LogP contribution in [0.15, 0.2) is 9.95 Å². The maximum Gasteiger partial charge on any atom is 0.276 e. The molecule has 0 radical (unpaired) electrons. The Hall–Kier alpha value is -1.17. The zero-order chi connectivity index (χ0) is 9.14. The van der Waals surface area contributed by atoms with Crippen molar-refractivity contribution in [1.82, 2.24) is 9.97 Å². The lowest BCUT2D eigenvalue weighted by Gasteiger charge is -2.03. The van der Waals surface area contributed by atoms with Crippen LogP contribution in [-0.4, -0.2) is 23.3 Å². The molecule has 0 amide bonds. The van der Waals surface area contributed by atoms with Crippen molar-refractivity contribution in [1.29, 1.82) is 0 Å². The molecule has 5 nitrogen and oxygen atoms in total. The van der Waals surface area contributed by atoms with E-state index in [0.29, 0.717) is 11.0 Å². The number of aromatic amines is 1. The smallest absolute Gasteiger partial charge is 0.276 e. The van der Waals surface area contributed by atoms with Gasteiger partial charge in [0.05, 0.1) is 0 Å². The molecule has 66 valence electrons. The summed E-state index contributed by atoms with van der Waals surface area (Å²) in [6.07, 6.45) is 1.83. The first-order valence-corrected chi connectivity index (χ1v) is 4.53.